The Kier molecular flexibility index (Phi) is 5.60. The maximum absolute atomic E-state index is 4.51. The fraction of sp³-hybridized carbons (Fsp3) is 0.786. The molecule has 0 amide bonds. The third-order valence-electron chi connectivity index (χ3n) is 3.75. The van der Waals surface area contributed by atoms with Gasteiger partial charge in [0.1, 0.15) is 0 Å². The first kappa shape index (κ1) is 14.0. The van der Waals surface area contributed by atoms with Crippen molar-refractivity contribution in [1.82, 2.24) is 15.2 Å². The first-order chi connectivity index (χ1) is 8.78. The predicted octanol–water partition coefficient (Wildman–Crippen LogP) is 2.46. The van der Waals surface area contributed by atoms with Crippen molar-refractivity contribution >= 4 is 11.3 Å². The zero-order chi connectivity index (χ0) is 12.8. The largest absolute Gasteiger partial charge is 0.314 e. The normalized spacial score (nSPS) is 22.0. The smallest absolute Gasteiger partial charge is 0.0897 e. The minimum atomic E-state index is 0.710. The Balaban J connectivity index is 1.67. The van der Waals surface area contributed by atoms with Gasteiger partial charge < -0.3 is 10.2 Å². The summed E-state index contributed by atoms with van der Waals surface area (Å²) in [6.45, 7) is 9.14. The number of hydrogen-bond acceptors (Lipinski definition) is 4. The van der Waals surface area contributed by atoms with Crippen LogP contribution in [0.25, 0.3) is 0 Å². The van der Waals surface area contributed by atoms with Crippen LogP contribution in [-0.4, -0.2) is 42.1 Å². The summed E-state index contributed by atoms with van der Waals surface area (Å²) in [6.07, 6.45) is 5.02. The van der Waals surface area contributed by atoms with E-state index < -0.39 is 0 Å². The molecule has 2 heterocycles. The molecule has 1 saturated heterocycles. The summed E-state index contributed by atoms with van der Waals surface area (Å²) >= 11 is 1.75. The lowest BCUT2D eigenvalue weighted by molar-refractivity contribution is 0.297. The van der Waals surface area contributed by atoms with Gasteiger partial charge >= 0.3 is 0 Å². The van der Waals surface area contributed by atoms with Crippen LogP contribution in [0, 0.1) is 6.92 Å². The number of hydrogen-bond donors (Lipinski definition) is 1. The van der Waals surface area contributed by atoms with Crippen LogP contribution in [0.15, 0.2) is 5.38 Å². The molecule has 1 atom stereocenters. The maximum Gasteiger partial charge on any atom is 0.0897 e. The van der Waals surface area contributed by atoms with Gasteiger partial charge in [0.25, 0.3) is 0 Å². The minimum Gasteiger partial charge on any atom is -0.314 e. The van der Waals surface area contributed by atoms with Crippen LogP contribution < -0.4 is 5.32 Å². The van der Waals surface area contributed by atoms with Gasteiger partial charge in [0.15, 0.2) is 0 Å². The molecular formula is C14H25N3S. The molecule has 0 bridgehead atoms. The van der Waals surface area contributed by atoms with Crippen LogP contribution in [0.2, 0.25) is 0 Å². The van der Waals surface area contributed by atoms with Crippen LogP contribution in [0.5, 0.6) is 0 Å². The summed E-state index contributed by atoms with van der Waals surface area (Å²) in [5.74, 6) is 0. The molecule has 1 aliphatic rings. The van der Waals surface area contributed by atoms with E-state index in [4.69, 9.17) is 0 Å². The minimum absolute atomic E-state index is 0.710. The molecule has 1 unspecified atom stereocenters. The van der Waals surface area contributed by atoms with Crippen molar-refractivity contribution < 1.29 is 0 Å². The Morgan fingerprint density at radius 2 is 2.33 bits per heavy atom. The number of nitrogens with zero attached hydrogens (tertiary/aromatic N) is 2. The molecule has 0 aliphatic carbocycles. The molecule has 1 aromatic rings. The monoisotopic (exact) mass is 267 g/mol. The highest BCUT2D eigenvalue weighted by Gasteiger charge is 2.15. The molecule has 102 valence electrons. The number of thiazole rings is 1. The number of rotatable bonds is 5. The summed E-state index contributed by atoms with van der Waals surface area (Å²) in [4.78, 5) is 7.07. The molecule has 1 N–H and O–H groups in total. The lowest BCUT2D eigenvalue weighted by Gasteiger charge is -2.18. The highest BCUT2D eigenvalue weighted by molar-refractivity contribution is 7.09. The van der Waals surface area contributed by atoms with Gasteiger partial charge in [0, 0.05) is 24.4 Å². The molecule has 3 nitrogen and oxygen atoms in total. The average Bonchev–Trinajstić information content (AvgIpc) is 2.65. The van der Waals surface area contributed by atoms with E-state index in [0.717, 1.165) is 13.0 Å². The second-order valence-corrected chi connectivity index (χ2v) is 6.19. The van der Waals surface area contributed by atoms with Crippen molar-refractivity contribution in [2.45, 2.75) is 45.6 Å². The van der Waals surface area contributed by atoms with Gasteiger partial charge in [-0.05, 0) is 45.8 Å². The number of likely N-dealkylation sites (tertiary alicyclic amines) is 1. The van der Waals surface area contributed by atoms with E-state index in [1.807, 2.05) is 0 Å². The van der Waals surface area contributed by atoms with Gasteiger partial charge in [-0.15, -0.1) is 11.3 Å². The van der Waals surface area contributed by atoms with Gasteiger partial charge in [0.2, 0.25) is 0 Å². The van der Waals surface area contributed by atoms with Crippen molar-refractivity contribution in [3.05, 3.63) is 16.1 Å². The summed E-state index contributed by atoms with van der Waals surface area (Å²) in [5.41, 5.74) is 1.24. The summed E-state index contributed by atoms with van der Waals surface area (Å²) in [7, 11) is 0. The first-order valence-corrected chi connectivity index (χ1v) is 8.02. The number of aryl methyl sites for hydroxylation is 1. The summed E-state index contributed by atoms with van der Waals surface area (Å²) < 4.78 is 0. The van der Waals surface area contributed by atoms with Gasteiger partial charge in [-0.2, -0.15) is 0 Å². The molecule has 1 fully saturated rings. The predicted molar refractivity (Wildman–Crippen MR) is 78.3 cm³/mol. The van der Waals surface area contributed by atoms with Crippen LogP contribution in [0.3, 0.4) is 0 Å². The van der Waals surface area contributed by atoms with Crippen molar-refractivity contribution in [2.75, 3.05) is 26.2 Å². The molecular weight excluding hydrogens is 242 g/mol. The Labute approximate surface area is 115 Å². The van der Waals surface area contributed by atoms with E-state index in [9.17, 15) is 0 Å². The molecule has 1 aliphatic heterocycles. The second kappa shape index (κ2) is 7.22. The third kappa shape index (κ3) is 4.34. The fourth-order valence-corrected chi connectivity index (χ4v) is 3.25. The molecule has 2 rings (SSSR count). The van der Waals surface area contributed by atoms with Crippen LogP contribution in [0.4, 0.5) is 0 Å². The molecule has 1 aromatic heterocycles. The summed E-state index contributed by atoms with van der Waals surface area (Å²) in [5, 5.41) is 7.06. The Morgan fingerprint density at radius 1 is 1.44 bits per heavy atom. The van der Waals surface area contributed by atoms with E-state index in [1.165, 1.54) is 49.6 Å². The van der Waals surface area contributed by atoms with Crippen molar-refractivity contribution in [3.8, 4) is 0 Å². The summed E-state index contributed by atoms with van der Waals surface area (Å²) in [6, 6.07) is 0.710. The SMILES string of the molecule is CCN1CCCC(NCCc2csc(C)n2)CC1. The molecule has 4 heteroatoms. The Bertz CT molecular complexity index is 351. The van der Waals surface area contributed by atoms with Crippen LogP contribution >= 0.6 is 11.3 Å². The van der Waals surface area contributed by atoms with E-state index in [0.29, 0.717) is 6.04 Å². The van der Waals surface area contributed by atoms with Crippen molar-refractivity contribution in [3.63, 3.8) is 0 Å². The average molecular weight is 267 g/mol. The molecule has 0 radical (unpaired) electrons. The number of aromatic nitrogens is 1. The molecule has 0 saturated carbocycles. The lowest BCUT2D eigenvalue weighted by atomic mass is 10.1. The molecule has 18 heavy (non-hydrogen) atoms. The van der Waals surface area contributed by atoms with E-state index in [1.54, 1.807) is 11.3 Å². The third-order valence-corrected chi connectivity index (χ3v) is 4.57. The van der Waals surface area contributed by atoms with E-state index in [-0.39, 0.29) is 0 Å². The quantitative estimate of drug-likeness (QED) is 0.888. The maximum atomic E-state index is 4.51. The number of nitrogens with one attached hydrogen (secondary N) is 1. The Hall–Kier alpha value is -0.450. The van der Waals surface area contributed by atoms with E-state index >= 15 is 0 Å². The van der Waals surface area contributed by atoms with Crippen molar-refractivity contribution in [2.24, 2.45) is 0 Å². The molecule has 0 spiro atoms. The Morgan fingerprint density at radius 3 is 3.06 bits per heavy atom. The van der Waals surface area contributed by atoms with Gasteiger partial charge in [-0.1, -0.05) is 6.92 Å². The topological polar surface area (TPSA) is 28.2 Å². The zero-order valence-electron chi connectivity index (χ0n) is 11.6. The first-order valence-electron chi connectivity index (χ1n) is 7.14. The molecule has 0 aromatic carbocycles. The van der Waals surface area contributed by atoms with E-state index in [2.05, 4.69) is 34.4 Å². The highest BCUT2D eigenvalue weighted by atomic mass is 32.1. The second-order valence-electron chi connectivity index (χ2n) is 5.12. The van der Waals surface area contributed by atoms with Gasteiger partial charge in [-0.25, -0.2) is 4.98 Å². The fourth-order valence-electron chi connectivity index (χ4n) is 2.60. The standard InChI is InChI=1S/C14H25N3S/c1-3-17-9-4-5-13(7-10-17)15-8-6-14-11-18-12(2)16-14/h11,13,15H,3-10H2,1-2H3. The highest BCUT2D eigenvalue weighted by Crippen LogP contribution is 2.11. The van der Waals surface area contributed by atoms with Crippen LogP contribution in [0.1, 0.15) is 36.9 Å². The zero-order valence-corrected chi connectivity index (χ0v) is 12.4. The lowest BCUT2D eigenvalue weighted by Crippen LogP contribution is -2.32. The van der Waals surface area contributed by atoms with Gasteiger partial charge in [0.05, 0.1) is 10.7 Å². The van der Waals surface area contributed by atoms with Gasteiger partial charge in [-0.3, -0.25) is 0 Å². The van der Waals surface area contributed by atoms with Crippen LogP contribution in [-0.2, 0) is 6.42 Å². The van der Waals surface area contributed by atoms with Crippen molar-refractivity contribution in [1.29, 1.82) is 0 Å².